The number of fused-ring (bicyclic) bond motifs is 1. The fourth-order valence-electron chi connectivity index (χ4n) is 5.99. The summed E-state index contributed by atoms with van der Waals surface area (Å²) in [5.41, 5.74) is -1.51. The molecular weight excluding hydrogens is 447 g/mol. The Hall–Kier alpha value is -1.55. The van der Waals surface area contributed by atoms with Crippen LogP contribution in [0.15, 0.2) is 29.2 Å². The first-order valence-corrected chi connectivity index (χ1v) is 13.1. The lowest BCUT2D eigenvalue weighted by molar-refractivity contribution is -0.123. The van der Waals surface area contributed by atoms with E-state index in [-0.39, 0.29) is 28.6 Å². The summed E-state index contributed by atoms with van der Waals surface area (Å²) in [6.45, 7) is 6.90. The molecule has 0 saturated heterocycles. The van der Waals surface area contributed by atoms with Crippen molar-refractivity contribution < 1.29 is 27.4 Å². The number of carbonyl (C=O) groups excluding carboxylic acids is 1. The summed E-state index contributed by atoms with van der Waals surface area (Å²) in [6.07, 6.45) is 3.11. The van der Waals surface area contributed by atoms with Gasteiger partial charge in [-0.3, -0.25) is 4.79 Å². The number of benzene rings is 1. The SMILES string of the molecule is COCCNC(=O)CC[C@@]12CC[C@@](C)(O)C[C@H]1C(C)(C)C[C@@H]2NS(=O)(=O)c1ccc(F)cc1. The van der Waals surface area contributed by atoms with Crippen molar-refractivity contribution in [1.82, 2.24) is 10.0 Å². The summed E-state index contributed by atoms with van der Waals surface area (Å²) < 4.78 is 47.6. The Morgan fingerprint density at radius 2 is 1.85 bits per heavy atom. The number of amides is 1. The number of carbonyl (C=O) groups is 1. The van der Waals surface area contributed by atoms with Crippen LogP contribution in [0.4, 0.5) is 4.39 Å². The van der Waals surface area contributed by atoms with Crippen LogP contribution in [-0.2, 0) is 19.6 Å². The Morgan fingerprint density at radius 1 is 1.18 bits per heavy atom. The third-order valence-electron chi connectivity index (χ3n) is 7.70. The number of sulfonamides is 1. The summed E-state index contributed by atoms with van der Waals surface area (Å²) in [6, 6.07) is 4.39. The highest BCUT2D eigenvalue weighted by atomic mass is 32.2. The fraction of sp³-hybridized carbons (Fsp3) is 0.708. The highest BCUT2D eigenvalue weighted by molar-refractivity contribution is 7.89. The number of aliphatic hydroxyl groups is 1. The van der Waals surface area contributed by atoms with Crippen LogP contribution >= 0.6 is 0 Å². The molecule has 2 aliphatic carbocycles. The van der Waals surface area contributed by atoms with Crippen LogP contribution < -0.4 is 10.0 Å². The minimum absolute atomic E-state index is 0.0143. The molecular formula is C24H37FN2O5S. The molecule has 2 fully saturated rings. The first-order valence-electron chi connectivity index (χ1n) is 11.6. The van der Waals surface area contributed by atoms with Gasteiger partial charge in [-0.25, -0.2) is 17.5 Å². The number of hydrogen-bond acceptors (Lipinski definition) is 5. The molecule has 0 heterocycles. The highest BCUT2D eigenvalue weighted by Crippen LogP contribution is 2.64. The molecule has 9 heteroatoms. The number of nitrogens with one attached hydrogen (secondary N) is 2. The van der Waals surface area contributed by atoms with Crippen molar-refractivity contribution in [2.24, 2.45) is 16.7 Å². The first kappa shape index (κ1) is 26.1. The molecule has 3 N–H and O–H groups in total. The van der Waals surface area contributed by atoms with Gasteiger partial charge >= 0.3 is 0 Å². The van der Waals surface area contributed by atoms with Crippen LogP contribution in [0.5, 0.6) is 0 Å². The van der Waals surface area contributed by atoms with Gasteiger partial charge in [-0.15, -0.1) is 0 Å². The highest BCUT2D eigenvalue weighted by Gasteiger charge is 2.61. The Morgan fingerprint density at radius 3 is 2.48 bits per heavy atom. The van der Waals surface area contributed by atoms with Crippen molar-refractivity contribution in [2.45, 2.75) is 75.8 Å². The van der Waals surface area contributed by atoms with Gasteiger partial charge in [0.25, 0.3) is 0 Å². The smallest absolute Gasteiger partial charge is 0.240 e. The number of rotatable bonds is 9. The molecule has 0 radical (unpaired) electrons. The quantitative estimate of drug-likeness (QED) is 0.468. The van der Waals surface area contributed by atoms with E-state index in [4.69, 9.17) is 4.74 Å². The number of hydrogen-bond donors (Lipinski definition) is 3. The molecule has 0 aliphatic heterocycles. The van der Waals surface area contributed by atoms with Crippen molar-refractivity contribution in [3.05, 3.63) is 30.1 Å². The molecule has 1 aromatic carbocycles. The van der Waals surface area contributed by atoms with Crippen LogP contribution in [0.2, 0.25) is 0 Å². The summed E-state index contributed by atoms with van der Waals surface area (Å²) in [5, 5.41) is 13.7. The van der Waals surface area contributed by atoms with Crippen LogP contribution in [0, 0.1) is 22.6 Å². The number of ether oxygens (including phenoxy) is 1. The normalized spacial score (nSPS) is 31.2. The molecule has 33 heavy (non-hydrogen) atoms. The van der Waals surface area contributed by atoms with Gasteiger partial charge in [0, 0.05) is 26.1 Å². The van der Waals surface area contributed by atoms with E-state index in [1.54, 1.807) is 7.11 Å². The fourth-order valence-corrected chi connectivity index (χ4v) is 7.32. The average Bonchev–Trinajstić information content (AvgIpc) is 2.92. The Kier molecular flexibility index (Phi) is 7.58. The van der Waals surface area contributed by atoms with Crippen LogP contribution in [0.25, 0.3) is 0 Å². The molecule has 0 aromatic heterocycles. The van der Waals surface area contributed by atoms with E-state index >= 15 is 0 Å². The lowest BCUT2D eigenvalue weighted by Gasteiger charge is -2.50. The van der Waals surface area contributed by atoms with E-state index in [2.05, 4.69) is 23.9 Å². The van der Waals surface area contributed by atoms with Gasteiger partial charge in [0.2, 0.25) is 15.9 Å². The maximum absolute atomic E-state index is 13.3. The van der Waals surface area contributed by atoms with E-state index in [0.29, 0.717) is 45.3 Å². The second-order valence-corrected chi connectivity index (χ2v) is 12.4. The molecule has 7 nitrogen and oxygen atoms in total. The van der Waals surface area contributed by atoms with E-state index in [1.165, 1.54) is 12.1 Å². The second kappa shape index (κ2) is 9.60. The van der Waals surface area contributed by atoms with Crippen molar-refractivity contribution in [3.63, 3.8) is 0 Å². The minimum Gasteiger partial charge on any atom is -0.390 e. The van der Waals surface area contributed by atoms with Gasteiger partial charge in [0.05, 0.1) is 17.1 Å². The molecule has 1 amide bonds. The predicted octanol–water partition coefficient (Wildman–Crippen LogP) is 2.98. The Labute approximate surface area is 196 Å². The third-order valence-corrected chi connectivity index (χ3v) is 9.19. The van der Waals surface area contributed by atoms with Gasteiger partial charge in [0.1, 0.15) is 5.82 Å². The number of methoxy groups -OCH3 is 1. The molecule has 1 aromatic rings. The summed E-state index contributed by atoms with van der Waals surface area (Å²) in [4.78, 5) is 12.5. The monoisotopic (exact) mass is 484 g/mol. The zero-order valence-electron chi connectivity index (χ0n) is 20.0. The minimum atomic E-state index is -3.88. The molecule has 3 rings (SSSR count). The summed E-state index contributed by atoms with van der Waals surface area (Å²) in [5.74, 6) is -0.551. The first-order chi connectivity index (χ1) is 15.3. The molecule has 2 saturated carbocycles. The zero-order valence-corrected chi connectivity index (χ0v) is 20.8. The molecule has 186 valence electrons. The van der Waals surface area contributed by atoms with Crippen LogP contribution in [-0.4, -0.2) is 51.3 Å². The molecule has 4 atom stereocenters. The summed E-state index contributed by atoms with van der Waals surface area (Å²) >= 11 is 0. The van der Waals surface area contributed by atoms with E-state index < -0.39 is 32.9 Å². The molecule has 0 bridgehead atoms. The molecule has 2 aliphatic rings. The largest absolute Gasteiger partial charge is 0.390 e. The Balaban J connectivity index is 1.88. The van der Waals surface area contributed by atoms with Crippen molar-refractivity contribution >= 4 is 15.9 Å². The van der Waals surface area contributed by atoms with Crippen molar-refractivity contribution in [3.8, 4) is 0 Å². The van der Waals surface area contributed by atoms with Gasteiger partial charge in [-0.1, -0.05) is 13.8 Å². The third kappa shape index (κ3) is 5.75. The molecule has 0 spiro atoms. The van der Waals surface area contributed by atoms with Crippen molar-refractivity contribution in [2.75, 3.05) is 20.3 Å². The molecule has 0 unspecified atom stereocenters. The van der Waals surface area contributed by atoms with E-state index in [0.717, 1.165) is 12.1 Å². The second-order valence-electron chi connectivity index (χ2n) is 10.7. The standard InChI is InChI=1S/C24H37FN2O5S/c1-22(2)16-20(27-33(30,31)18-7-5-17(25)6-8-18)24(10-9-21(28)26-13-14-32-4)12-11-23(3,29)15-19(22)24/h5-8,19-20,27,29H,9-16H2,1-4H3,(H,26,28)/t19-,20-,23+,24+/m0/s1. The van der Waals surface area contributed by atoms with Crippen LogP contribution in [0.3, 0.4) is 0 Å². The number of halogens is 1. The van der Waals surface area contributed by atoms with Crippen LogP contribution in [0.1, 0.15) is 59.3 Å². The lowest BCUT2D eigenvalue weighted by Crippen LogP contribution is -2.52. The van der Waals surface area contributed by atoms with Gasteiger partial charge < -0.3 is 15.2 Å². The Bertz CT molecular complexity index is 948. The average molecular weight is 485 g/mol. The zero-order chi connectivity index (χ0) is 24.5. The van der Waals surface area contributed by atoms with Crippen molar-refractivity contribution in [1.29, 1.82) is 0 Å². The van der Waals surface area contributed by atoms with Gasteiger partial charge in [-0.05, 0) is 80.0 Å². The van der Waals surface area contributed by atoms with E-state index in [9.17, 15) is 22.7 Å². The topological polar surface area (TPSA) is 105 Å². The lowest BCUT2D eigenvalue weighted by atomic mass is 9.57. The predicted molar refractivity (Wildman–Crippen MR) is 123 cm³/mol. The maximum Gasteiger partial charge on any atom is 0.240 e. The van der Waals surface area contributed by atoms with Gasteiger partial charge in [-0.2, -0.15) is 0 Å². The summed E-state index contributed by atoms with van der Waals surface area (Å²) in [7, 11) is -2.31. The van der Waals surface area contributed by atoms with E-state index in [1.807, 2.05) is 6.92 Å². The maximum atomic E-state index is 13.3. The van der Waals surface area contributed by atoms with Gasteiger partial charge in [0.15, 0.2) is 0 Å².